The number of alkyl halides is 3. The minimum absolute atomic E-state index is 0.0516. The molecule has 0 N–H and O–H groups in total. The molecule has 0 spiro atoms. The van der Waals surface area contributed by atoms with Crippen molar-refractivity contribution in [1.82, 2.24) is 19.1 Å². The molecule has 0 unspecified atom stereocenters. The monoisotopic (exact) mass is 390 g/mol. The SMILES string of the molecule is Cc1nn(C)c(C)c1S(=O)(=O)N1CC(Oc2ncccc2C(F)(F)F)C1. The maximum absolute atomic E-state index is 13.0. The van der Waals surface area contributed by atoms with E-state index in [0.717, 1.165) is 10.4 Å². The van der Waals surface area contributed by atoms with Crippen molar-refractivity contribution >= 4 is 10.0 Å². The summed E-state index contributed by atoms with van der Waals surface area (Å²) in [5.74, 6) is -0.546. The van der Waals surface area contributed by atoms with E-state index in [1.807, 2.05) is 0 Å². The van der Waals surface area contributed by atoms with Crippen LogP contribution in [0.15, 0.2) is 23.2 Å². The third kappa shape index (κ3) is 3.16. The van der Waals surface area contributed by atoms with Gasteiger partial charge < -0.3 is 4.74 Å². The van der Waals surface area contributed by atoms with Crippen molar-refractivity contribution < 1.29 is 26.3 Å². The van der Waals surface area contributed by atoms with Gasteiger partial charge in [-0.1, -0.05) is 0 Å². The molecule has 1 aliphatic heterocycles. The fourth-order valence-electron chi connectivity index (χ4n) is 2.79. The third-order valence-corrected chi connectivity index (χ3v) is 6.29. The van der Waals surface area contributed by atoms with Gasteiger partial charge in [-0.05, 0) is 26.0 Å². The zero-order valence-electron chi connectivity index (χ0n) is 14.3. The number of pyridine rings is 1. The maximum atomic E-state index is 13.0. The molecule has 11 heteroatoms. The summed E-state index contributed by atoms with van der Waals surface area (Å²) in [5, 5.41) is 4.09. The lowest BCUT2D eigenvalue weighted by atomic mass is 10.2. The summed E-state index contributed by atoms with van der Waals surface area (Å²) in [7, 11) is -2.14. The molecule has 142 valence electrons. The smallest absolute Gasteiger partial charge is 0.421 e. The van der Waals surface area contributed by atoms with Gasteiger partial charge in [-0.15, -0.1) is 0 Å². The maximum Gasteiger partial charge on any atom is 0.421 e. The van der Waals surface area contributed by atoms with E-state index in [0.29, 0.717) is 11.4 Å². The van der Waals surface area contributed by atoms with Gasteiger partial charge >= 0.3 is 6.18 Å². The molecule has 2 aromatic rings. The normalized spacial score (nSPS) is 16.5. The molecule has 0 radical (unpaired) electrons. The molecule has 0 atom stereocenters. The molecule has 1 saturated heterocycles. The van der Waals surface area contributed by atoms with E-state index in [1.165, 1.54) is 16.9 Å². The van der Waals surface area contributed by atoms with E-state index in [1.54, 1.807) is 20.9 Å². The standard InChI is InChI=1S/C15H17F3N4O3S/c1-9-13(10(2)21(3)20-9)26(23,24)22-7-11(8-22)25-14-12(15(16,17)18)5-4-6-19-14/h4-6,11H,7-8H2,1-3H3. The number of ether oxygens (including phenoxy) is 1. The quantitative estimate of drug-likeness (QED) is 0.797. The summed E-state index contributed by atoms with van der Waals surface area (Å²) < 4.78 is 72.2. The number of rotatable bonds is 4. The molecule has 1 aliphatic rings. The first-order chi connectivity index (χ1) is 12.0. The molecule has 0 aromatic carbocycles. The van der Waals surface area contributed by atoms with Crippen LogP contribution in [0.25, 0.3) is 0 Å². The number of aromatic nitrogens is 3. The van der Waals surface area contributed by atoms with Crippen molar-refractivity contribution in [3.8, 4) is 5.88 Å². The van der Waals surface area contributed by atoms with Crippen LogP contribution in [0.4, 0.5) is 13.2 Å². The number of halogens is 3. The van der Waals surface area contributed by atoms with E-state index < -0.39 is 33.7 Å². The van der Waals surface area contributed by atoms with Crippen molar-refractivity contribution in [1.29, 1.82) is 0 Å². The summed E-state index contributed by atoms with van der Waals surface area (Å²) in [6, 6.07) is 2.04. The highest BCUT2D eigenvalue weighted by molar-refractivity contribution is 7.89. The van der Waals surface area contributed by atoms with E-state index >= 15 is 0 Å². The Labute approximate surface area is 148 Å². The minimum atomic E-state index is -4.59. The summed E-state index contributed by atoms with van der Waals surface area (Å²) in [5.41, 5.74) is -0.116. The number of nitrogens with zero attached hydrogens (tertiary/aromatic N) is 4. The Morgan fingerprint density at radius 3 is 2.46 bits per heavy atom. The molecular weight excluding hydrogens is 373 g/mol. The average Bonchev–Trinajstić information content (AvgIpc) is 2.75. The number of hydrogen-bond donors (Lipinski definition) is 0. The first-order valence-corrected chi connectivity index (χ1v) is 9.15. The van der Waals surface area contributed by atoms with Crippen LogP contribution in [0.2, 0.25) is 0 Å². The molecule has 3 rings (SSSR count). The largest absolute Gasteiger partial charge is 0.471 e. The van der Waals surface area contributed by atoms with Gasteiger partial charge in [0.15, 0.2) is 0 Å². The summed E-state index contributed by atoms with van der Waals surface area (Å²) in [4.78, 5) is 3.74. The number of hydrogen-bond acceptors (Lipinski definition) is 5. The number of aryl methyl sites for hydroxylation is 2. The molecule has 1 fully saturated rings. The second-order valence-electron chi connectivity index (χ2n) is 6.04. The van der Waals surface area contributed by atoms with Crippen molar-refractivity contribution in [3.05, 3.63) is 35.3 Å². The van der Waals surface area contributed by atoms with Crippen LogP contribution >= 0.6 is 0 Å². The highest BCUT2D eigenvalue weighted by Gasteiger charge is 2.42. The van der Waals surface area contributed by atoms with Gasteiger partial charge in [0.2, 0.25) is 15.9 Å². The van der Waals surface area contributed by atoms with Crippen LogP contribution in [0, 0.1) is 13.8 Å². The third-order valence-electron chi connectivity index (χ3n) is 4.21. The van der Waals surface area contributed by atoms with Crippen LogP contribution in [0.1, 0.15) is 17.0 Å². The van der Waals surface area contributed by atoms with Crippen LogP contribution in [0.5, 0.6) is 5.88 Å². The zero-order chi connectivity index (χ0) is 19.3. The van der Waals surface area contributed by atoms with E-state index in [2.05, 4.69) is 10.1 Å². The Morgan fingerprint density at radius 2 is 1.92 bits per heavy atom. The van der Waals surface area contributed by atoms with Gasteiger partial charge in [-0.25, -0.2) is 13.4 Å². The molecule has 7 nitrogen and oxygen atoms in total. The molecule has 0 saturated carbocycles. The number of sulfonamides is 1. The second-order valence-corrected chi connectivity index (χ2v) is 7.91. The van der Waals surface area contributed by atoms with E-state index in [4.69, 9.17) is 4.74 Å². The first-order valence-electron chi connectivity index (χ1n) is 7.71. The summed E-state index contributed by atoms with van der Waals surface area (Å²) in [6.45, 7) is 3.13. The van der Waals surface area contributed by atoms with E-state index in [9.17, 15) is 21.6 Å². The van der Waals surface area contributed by atoms with Crippen LogP contribution in [0.3, 0.4) is 0 Å². The molecule has 0 aliphatic carbocycles. The Kier molecular flexibility index (Phi) is 4.47. The molecule has 2 aromatic heterocycles. The van der Waals surface area contributed by atoms with Crippen LogP contribution in [-0.4, -0.2) is 46.7 Å². The van der Waals surface area contributed by atoms with Crippen molar-refractivity contribution in [2.45, 2.75) is 31.0 Å². The topological polar surface area (TPSA) is 77.3 Å². The lowest BCUT2D eigenvalue weighted by molar-refractivity contribution is -0.140. The summed E-state index contributed by atoms with van der Waals surface area (Å²) >= 11 is 0. The highest BCUT2D eigenvalue weighted by atomic mass is 32.2. The highest BCUT2D eigenvalue weighted by Crippen LogP contribution is 2.36. The Morgan fingerprint density at radius 1 is 1.27 bits per heavy atom. The molecule has 0 bridgehead atoms. The average molecular weight is 390 g/mol. The first kappa shape index (κ1) is 18.6. The zero-order valence-corrected chi connectivity index (χ0v) is 15.1. The molecule has 0 amide bonds. The predicted octanol–water partition coefficient (Wildman–Crippen LogP) is 1.90. The second kappa shape index (κ2) is 6.23. The van der Waals surface area contributed by atoms with Gasteiger partial charge in [0.25, 0.3) is 0 Å². The van der Waals surface area contributed by atoms with Crippen molar-refractivity contribution in [2.24, 2.45) is 7.05 Å². The fraction of sp³-hybridized carbons (Fsp3) is 0.467. The van der Waals surface area contributed by atoms with Gasteiger partial charge in [0, 0.05) is 13.2 Å². The lowest BCUT2D eigenvalue weighted by Gasteiger charge is -2.37. The van der Waals surface area contributed by atoms with Gasteiger partial charge in [0.05, 0.1) is 24.5 Å². The van der Waals surface area contributed by atoms with Crippen molar-refractivity contribution in [3.63, 3.8) is 0 Å². The van der Waals surface area contributed by atoms with Gasteiger partial charge in [0.1, 0.15) is 16.6 Å². The Hall–Kier alpha value is -2.14. The Bertz CT molecular complexity index is 934. The predicted molar refractivity (Wildman–Crippen MR) is 85.1 cm³/mol. The molecule has 26 heavy (non-hydrogen) atoms. The molecule has 3 heterocycles. The van der Waals surface area contributed by atoms with Gasteiger partial charge in [-0.2, -0.15) is 22.6 Å². The Balaban J connectivity index is 1.74. The minimum Gasteiger partial charge on any atom is -0.471 e. The van der Waals surface area contributed by atoms with E-state index in [-0.39, 0.29) is 18.0 Å². The molecular formula is C15H17F3N4O3S. The van der Waals surface area contributed by atoms with Crippen molar-refractivity contribution in [2.75, 3.05) is 13.1 Å². The lowest BCUT2D eigenvalue weighted by Crippen LogP contribution is -2.56. The van der Waals surface area contributed by atoms with Crippen LogP contribution < -0.4 is 4.74 Å². The van der Waals surface area contributed by atoms with Crippen LogP contribution in [-0.2, 0) is 23.2 Å². The van der Waals surface area contributed by atoms with Gasteiger partial charge in [-0.3, -0.25) is 4.68 Å². The summed E-state index contributed by atoms with van der Waals surface area (Å²) in [6.07, 6.45) is -4.10. The fourth-order valence-corrected chi connectivity index (χ4v) is 4.69.